The quantitative estimate of drug-likeness (QED) is 0.475. The second-order valence-corrected chi connectivity index (χ2v) is 9.59. The zero-order valence-corrected chi connectivity index (χ0v) is 16.5. The summed E-state index contributed by atoms with van der Waals surface area (Å²) >= 11 is -0.826. The van der Waals surface area contributed by atoms with Crippen LogP contribution in [0.1, 0.15) is 65.2 Å². The minimum atomic E-state index is -0.826. The second-order valence-electron chi connectivity index (χ2n) is 5.86. The van der Waals surface area contributed by atoms with Crippen LogP contribution in [0.5, 0.6) is 0 Å². The molecule has 0 spiro atoms. The van der Waals surface area contributed by atoms with Gasteiger partial charge in [0.1, 0.15) is 0 Å². The average Bonchev–Trinajstić information content (AvgIpc) is 2.93. The molecule has 0 nitrogen and oxygen atoms in total. The van der Waals surface area contributed by atoms with Crippen LogP contribution in [0, 0.1) is 32.1 Å². The first kappa shape index (κ1) is 21.8. The van der Waals surface area contributed by atoms with Gasteiger partial charge in [0.2, 0.25) is 0 Å². The number of hydrogen-bond donors (Lipinski definition) is 0. The van der Waals surface area contributed by atoms with Crippen molar-refractivity contribution >= 4 is 17.0 Å². The van der Waals surface area contributed by atoms with Gasteiger partial charge in [-0.25, -0.2) is 0 Å². The summed E-state index contributed by atoms with van der Waals surface area (Å²) in [5.74, 6) is 2.10. The number of rotatable bonds is 2. The molecule has 0 bridgehead atoms. The van der Waals surface area contributed by atoms with Gasteiger partial charge >= 0.3 is 37.9 Å². The summed E-state index contributed by atoms with van der Waals surface area (Å²) in [6.07, 6.45) is 12.1. The molecule has 0 amide bonds. The van der Waals surface area contributed by atoms with Crippen LogP contribution in [0.15, 0.2) is 0 Å². The van der Waals surface area contributed by atoms with E-state index in [0.29, 0.717) is 5.41 Å². The van der Waals surface area contributed by atoms with Crippen LogP contribution in [0.4, 0.5) is 0 Å². The first-order valence-corrected chi connectivity index (χ1v) is 12.9. The Morgan fingerprint density at radius 1 is 0.778 bits per heavy atom. The first-order chi connectivity index (χ1) is 7.62. The molecule has 2 fully saturated rings. The van der Waals surface area contributed by atoms with Crippen LogP contribution in [0.2, 0.25) is 0 Å². The molecule has 18 heavy (non-hydrogen) atoms. The van der Waals surface area contributed by atoms with Crippen LogP contribution < -0.4 is 0 Å². The normalized spacial score (nSPS) is 20.2. The third-order valence-electron chi connectivity index (χ3n) is 4.81. The molecule has 0 heterocycles. The van der Waals surface area contributed by atoms with Crippen LogP contribution in [-0.2, 0) is 20.8 Å². The third kappa shape index (κ3) is 6.28. The summed E-state index contributed by atoms with van der Waals surface area (Å²) in [7, 11) is 9.87. The van der Waals surface area contributed by atoms with Crippen LogP contribution in [0.25, 0.3) is 0 Å². The van der Waals surface area contributed by atoms with Gasteiger partial charge in [-0.1, -0.05) is 39.5 Å². The fourth-order valence-electron chi connectivity index (χ4n) is 3.67. The van der Waals surface area contributed by atoms with E-state index in [1.54, 1.807) is 0 Å². The Bertz CT molecular complexity index is 165. The molecule has 0 aromatic carbocycles. The summed E-state index contributed by atoms with van der Waals surface area (Å²) in [6, 6.07) is 0. The summed E-state index contributed by atoms with van der Waals surface area (Å²) in [4.78, 5) is 0. The molecule has 2 aliphatic rings. The zero-order valence-electron chi connectivity index (χ0n) is 12.6. The monoisotopic (exact) mass is 370 g/mol. The molecule has 2 aliphatic carbocycles. The number of halogens is 2. The maximum absolute atomic E-state index is 4.93. The summed E-state index contributed by atoms with van der Waals surface area (Å²) < 4.78 is 0. The van der Waals surface area contributed by atoms with E-state index in [2.05, 4.69) is 13.8 Å². The third-order valence-corrected chi connectivity index (χ3v) is 4.81. The van der Waals surface area contributed by atoms with Gasteiger partial charge in [-0.3, -0.25) is 0 Å². The average molecular weight is 373 g/mol. The van der Waals surface area contributed by atoms with Gasteiger partial charge < -0.3 is 14.9 Å². The summed E-state index contributed by atoms with van der Waals surface area (Å²) in [6.45, 7) is 5.08. The van der Waals surface area contributed by atoms with Gasteiger partial charge in [-0.15, -0.1) is 0 Å². The van der Waals surface area contributed by atoms with Crippen molar-refractivity contribution in [3.05, 3.63) is 14.9 Å². The standard InChI is InChI=1S/C13H24.2CH3.2ClH.Zr/c1-13(2,11-7-3-4-8-11)12-9-5-6-10-12;;;;;/h11-12H,3-10H2,1-2H3;2*1H3;2*1H;/q;2*-1;;;+4/p-2. The van der Waals surface area contributed by atoms with Crippen LogP contribution in [0.3, 0.4) is 0 Å². The Hall–Kier alpha value is 1.46. The van der Waals surface area contributed by atoms with E-state index in [1.165, 1.54) is 51.4 Å². The molecule has 0 aromatic rings. The van der Waals surface area contributed by atoms with Gasteiger partial charge in [-0.05, 0) is 42.9 Å². The Morgan fingerprint density at radius 3 is 1.22 bits per heavy atom. The molecule has 0 atom stereocenters. The number of hydrogen-bond acceptors (Lipinski definition) is 0. The predicted octanol–water partition coefficient (Wildman–Crippen LogP) is 6.67. The van der Waals surface area contributed by atoms with Gasteiger partial charge in [0.25, 0.3) is 0 Å². The molecular formula is C15H30Cl2Zr. The molecule has 0 aromatic heterocycles. The molecule has 0 unspecified atom stereocenters. The van der Waals surface area contributed by atoms with E-state index >= 15 is 0 Å². The van der Waals surface area contributed by atoms with Crippen LogP contribution in [-0.4, -0.2) is 0 Å². The van der Waals surface area contributed by atoms with Crippen molar-refractivity contribution in [1.82, 2.24) is 0 Å². The Labute approximate surface area is 134 Å². The van der Waals surface area contributed by atoms with Crippen molar-refractivity contribution in [2.75, 3.05) is 0 Å². The van der Waals surface area contributed by atoms with E-state index in [0.717, 1.165) is 11.8 Å². The Balaban J connectivity index is 0. The van der Waals surface area contributed by atoms with Gasteiger partial charge in [0.15, 0.2) is 0 Å². The van der Waals surface area contributed by atoms with E-state index < -0.39 is 20.8 Å². The molecule has 3 heteroatoms. The van der Waals surface area contributed by atoms with E-state index in [-0.39, 0.29) is 14.9 Å². The molecule has 0 aliphatic heterocycles. The van der Waals surface area contributed by atoms with Gasteiger partial charge in [0, 0.05) is 0 Å². The van der Waals surface area contributed by atoms with Crippen molar-refractivity contribution in [2.24, 2.45) is 17.3 Å². The first-order valence-electron chi connectivity index (χ1n) is 6.59. The SMILES string of the molecule is CC(C)(C1CCCC1)C1CCCC1.[CH3-].[CH3-].[Cl][Zr+2][Cl]. The van der Waals surface area contributed by atoms with Crippen molar-refractivity contribution < 1.29 is 20.8 Å². The van der Waals surface area contributed by atoms with Gasteiger partial charge in [0.05, 0.1) is 0 Å². The fourth-order valence-corrected chi connectivity index (χ4v) is 3.67. The molecule has 0 radical (unpaired) electrons. The molecule has 0 saturated heterocycles. The van der Waals surface area contributed by atoms with Crippen LogP contribution >= 0.6 is 17.0 Å². The van der Waals surface area contributed by atoms with Crippen molar-refractivity contribution in [3.8, 4) is 0 Å². The molecule has 0 N–H and O–H groups in total. The van der Waals surface area contributed by atoms with Gasteiger partial charge in [-0.2, -0.15) is 0 Å². The topological polar surface area (TPSA) is 0 Å². The van der Waals surface area contributed by atoms with E-state index in [1.807, 2.05) is 0 Å². The Kier molecular flexibility index (Phi) is 13.5. The molecule has 2 rings (SSSR count). The maximum atomic E-state index is 4.93. The van der Waals surface area contributed by atoms with Crippen molar-refractivity contribution in [2.45, 2.75) is 65.2 Å². The Morgan fingerprint density at radius 2 is 1.00 bits per heavy atom. The molecule has 2 saturated carbocycles. The minimum absolute atomic E-state index is 0. The van der Waals surface area contributed by atoms with E-state index in [9.17, 15) is 0 Å². The fraction of sp³-hybridized carbons (Fsp3) is 0.867. The zero-order chi connectivity index (χ0) is 12.0. The summed E-state index contributed by atoms with van der Waals surface area (Å²) in [5.41, 5.74) is 0.660. The van der Waals surface area contributed by atoms with Crippen molar-refractivity contribution in [3.63, 3.8) is 0 Å². The molecular weight excluding hydrogens is 342 g/mol. The van der Waals surface area contributed by atoms with Crippen molar-refractivity contribution in [1.29, 1.82) is 0 Å². The second kappa shape index (κ2) is 11.2. The summed E-state index contributed by atoms with van der Waals surface area (Å²) in [5, 5.41) is 0. The van der Waals surface area contributed by atoms with E-state index in [4.69, 9.17) is 17.0 Å². The molecule has 108 valence electrons. The predicted molar refractivity (Wildman–Crippen MR) is 82.2 cm³/mol.